The number of hydrogen-bond acceptors (Lipinski definition) is 3. The smallest absolute Gasteiger partial charge is 0.178 e. The Labute approximate surface area is 122 Å². The highest BCUT2D eigenvalue weighted by Crippen LogP contribution is 2.28. The van der Waals surface area contributed by atoms with Crippen molar-refractivity contribution >= 4 is 34.6 Å². The molecule has 3 aromatic rings. The van der Waals surface area contributed by atoms with E-state index < -0.39 is 11.6 Å². The van der Waals surface area contributed by atoms with Crippen LogP contribution < -0.4 is 0 Å². The van der Waals surface area contributed by atoms with E-state index in [-0.39, 0.29) is 11.6 Å². The lowest BCUT2D eigenvalue weighted by molar-refractivity contribution is 0.588. The minimum absolute atomic E-state index is 0.184. The standard InChI is InChI=1S/C13H11F2N3S2/c1-6-5-16-12(20-6)7(2)18-10-4-8(14)3-9(15)11(10)17-13(18)19/h3-5,7H,1-2H3,(H,17,19). The maximum absolute atomic E-state index is 13.8. The summed E-state index contributed by atoms with van der Waals surface area (Å²) in [6.45, 7) is 3.87. The third-order valence-electron chi connectivity index (χ3n) is 3.13. The number of H-pyrrole nitrogens is 1. The fourth-order valence-electron chi connectivity index (χ4n) is 2.21. The van der Waals surface area contributed by atoms with Crippen molar-refractivity contribution in [3.8, 4) is 0 Å². The van der Waals surface area contributed by atoms with E-state index in [4.69, 9.17) is 12.2 Å². The van der Waals surface area contributed by atoms with E-state index in [2.05, 4.69) is 9.97 Å². The molecule has 1 unspecified atom stereocenters. The number of rotatable bonds is 2. The van der Waals surface area contributed by atoms with Crippen LogP contribution >= 0.6 is 23.6 Å². The van der Waals surface area contributed by atoms with Gasteiger partial charge in [-0.25, -0.2) is 13.8 Å². The molecule has 3 rings (SSSR count). The second kappa shape index (κ2) is 4.75. The first kappa shape index (κ1) is 13.4. The highest BCUT2D eigenvalue weighted by Gasteiger charge is 2.18. The Kier molecular flexibility index (Phi) is 3.18. The molecule has 2 aromatic heterocycles. The Morgan fingerprint density at radius 3 is 2.80 bits per heavy atom. The number of benzene rings is 1. The van der Waals surface area contributed by atoms with Crippen LogP contribution in [0.2, 0.25) is 0 Å². The van der Waals surface area contributed by atoms with Gasteiger partial charge in [-0.2, -0.15) is 0 Å². The summed E-state index contributed by atoms with van der Waals surface area (Å²) in [4.78, 5) is 8.19. The largest absolute Gasteiger partial charge is 0.328 e. The van der Waals surface area contributed by atoms with Crippen molar-refractivity contribution < 1.29 is 8.78 Å². The molecule has 1 aromatic carbocycles. The molecule has 0 saturated heterocycles. The number of nitrogens with one attached hydrogen (secondary N) is 1. The van der Waals surface area contributed by atoms with Gasteiger partial charge in [0.05, 0.1) is 11.6 Å². The Bertz CT molecular complexity index is 847. The van der Waals surface area contributed by atoms with Crippen molar-refractivity contribution in [1.29, 1.82) is 0 Å². The minimum Gasteiger partial charge on any atom is -0.328 e. The normalized spacial score (nSPS) is 13.0. The van der Waals surface area contributed by atoms with Crippen LogP contribution in [0.15, 0.2) is 18.3 Å². The molecule has 1 N–H and O–H groups in total. The number of fused-ring (bicyclic) bond motifs is 1. The highest BCUT2D eigenvalue weighted by atomic mass is 32.1. The van der Waals surface area contributed by atoms with Gasteiger partial charge in [-0.05, 0) is 32.1 Å². The molecule has 20 heavy (non-hydrogen) atoms. The van der Waals surface area contributed by atoms with E-state index in [1.165, 1.54) is 6.07 Å². The molecule has 0 fully saturated rings. The molecule has 3 nitrogen and oxygen atoms in total. The fraction of sp³-hybridized carbons (Fsp3) is 0.231. The zero-order valence-corrected chi connectivity index (χ0v) is 12.4. The topological polar surface area (TPSA) is 33.6 Å². The second-order valence-corrected chi connectivity index (χ2v) is 6.22. The van der Waals surface area contributed by atoms with Gasteiger partial charge in [-0.1, -0.05) is 0 Å². The third kappa shape index (κ3) is 2.06. The van der Waals surface area contributed by atoms with Crippen molar-refractivity contribution in [1.82, 2.24) is 14.5 Å². The summed E-state index contributed by atoms with van der Waals surface area (Å²) in [5.74, 6) is -1.27. The first-order chi connectivity index (χ1) is 9.47. The van der Waals surface area contributed by atoms with Gasteiger partial charge in [0, 0.05) is 17.1 Å². The minimum atomic E-state index is -0.646. The summed E-state index contributed by atoms with van der Waals surface area (Å²) in [5.41, 5.74) is 0.629. The predicted molar refractivity (Wildman–Crippen MR) is 77.7 cm³/mol. The zero-order chi connectivity index (χ0) is 14.4. The maximum Gasteiger partial charge on any atom is 0.178 e. The Morgan fingerprint density at radius 2 is 2.15 bits per heavy atom. The van der Waals surface area contributed by atoms with Gasteiger partial charge in [0.15, 0.2) is 10.6 Å². The molecule has 0 amide bonds. The van der Waals surface area contributed by atoms with Crippen molar-refractivity contribution in [2.45, 2.75) is 19.9 Å². The zero-order valence-electron chi connectivity index (χ0n) is 10.8. The van der Waals surface area contributed by atoms with Crippen LogP contribution in [0.1, 0.15) is 22.9 Å². The Morgan fingerprint density at radius 1 is 1.40 bits per heavy atom. The quantitative estimate of drug-likeness (QED) is 0.714. The maximum atomic E-state index is 13.8. The highest BCUT2D eigenvalue weighted by molar-refractivity contribution is 7.71. The van der Waals surface area contributed by atoms with Gasteiger partial charge in [0.25, 0.3) is 0 Å². The Hall–Kier alpha value is -1.60. The molecule has 0 spiro atoms. The number of halogens is 2. The van der Waals surface area contributed by atoms with Gasteiger partial charge in [0.2, 0.25) is 0 Å². The van der Waals surface area contributed by atoms with Gasteiger partial charge < -0.3 is 9.55 Å². The summed E-state index contributed by atoms with van der Waals surface area (Å²) in [6.07, 6.45) is 1.77. The molecule has 0 bridgehead atoms. The molecule has 104 valence electrons. The van der Waals surface area contributed by atoms with E-state index >= 15 is 0 Å². The van der Waals surface area contributed by atoms with Gasteiger partial charge >= 0.3 is 0 Å². The van der Waals surface area contributed by atoms with Crippen LogP contribution in [0.3, 0.4) is 0 Å². The van der Waals surface area contributed by atoms with Crippen LogP contribution in [0, 0.1) is 23.3 Å². The van der Waals surface area contributed by atoms with E-state index in [0.717, 1.165) is 16.0 Å². The number of imidazole rings is 1. The first-order valence-electron chi connectivity index (χ1n) is 5.99. The molecule has 0 radical (unpaired) electrons. The van der Waals surface area contributed by atoms with Crippen molar-refractivity contribution in [3.05, 3.63) is 44.6 Å². The van der Waals surface area contributed by atoms with Crippen molar-refractivity contribution in [2.75, 3.05) is 0 Å². The monoisotopic (exact) mass is 311 g/mol. The second-order valence-electron chi connectivity index (χ2n) is 4.57. The lowest BCUT2D eigenvalue weighted by atomic mass is 10.2. The SMILES string of the molecule is Cc1cnc(C(C)n2c(=S)[nH]c3c(F)cc(F)cc32)s1. The average Bonchev–Trinajstić information content (AvgIpc) is 2.92. The summed E-state index contributed by atoms with van der Waals surface area (Å²) in [5, 5.41) is 0.851. The molecule has 0 saturated carbocycles. The van der Waals surface area contributed by atoms with Crippen LogP contribution in [0.5, 0.6) is 0 Å². The van der Waals surface area contributed by atoms with Crippen LogP contribution in [0.25, 0.3) is 11.0 Å². The molecule has 0 aliphatic carbocycles. The molecule has 2 heterocycles. The molecular formula is C13H11F2N3S2. The number of aryl methyl sites for hydroxylation is 1. The number of aromatic nitrogens is 3. The number of nitrogens with zero attached hydrogens (tertiary/aromatic N) is 2. The Balaban J connectivity index is 2.25. The summed E-state index contributed by atoms with van der Waals surface area (Å²) in [6, 6.07) is 1.94. The lowest BCUT2D eigenvalue weighted by Gasteiger charge is -2.11. The van der Waals surface area contributed by atoms with Crippen molar-refractivity contribution in [3.63, 3.8) is 0 Å². The predicted octanol–water partition coefficient (Wildman–Crippen LogP) is 4.35. The summed E-state index contributed by atoms with van der Waals surface area (Å²) >= 11 is 6.77. The van der Waals surface area contributed by atoms with Crippen LogP contribution in [-0.4, -0.2) is 14.5 Å². The summed E-state index contributed by atoms with van der Waals surface area (Å²) in [7, 11) is 0. The van der Waals surface area contributed by atoms with Crippen LogP contribution in [0.4, 0.5) is 8.78 Å². The molecule has 1 atom stereocenters. The molecule has 0 aliphatic heterocycles. The number of aromatic amines is 1. The fourth-order valence-corrected chi connectivity index (χ4v) is 3.39. The number of hydrogen-bond donors (Lipinski definition) is 1. The van der Waals surface area contributed by atoms with E-state index in [1.807, 2.05) is 13.8 Å². The van der Waals surface area contributed by atoms with Gasteiger partial charge in [-0.3, -0.25) is 0 Å². The number of thiazole rings is 1. The van der Waals surface area contributed by atoms with Gasteiger partial charge in [0.1, 0.15) is 16.3 Å². The molecule has 7 heteroatoms. The van der Waals surface area contributed by atoms with E-state index in [1.54, 1.807) is 22.1 Å². The van der Waals surface area contributed by atoms with Gasteiger partial charge in [-0.15, -0.1) is 11.3 Å². The molecular weight excluding hydrogens is 300 g/mol. The lowest BCUT2D eigenvalue weighted by Crippen LogP contribution is -2.06. The first-order valence-corrected chi connectivity index (χ1v) is 7.21. The van der Waals surface area contributed by atoms with E-state index in [9.17, 15) is 8.78 Å². The molecule has 0 aliphatic rings. The average molecular weight is 311 g/mol. The van der Waals surface area contributed by atoms with Crippen molar-refractivity contribution in [2.24, 2.45) is 0 Å². The third-order valence-corrected chi connectivity index (χ3v) is 4.51. The van der Waals surface area contributed by atoms with Crippen LogP contribution in [-0.2, 0) is 0 Å². The summed E-state index contributed by atoms with van der Waals surface area (Å²) < 4.78 is 29.3. The van der Waals surface area contributed by atoms with E-state index in [0.29, 0.717) is 10.3 Å².